The van der Waals surface area contributed by atoms with Gasteiger partial charge in [-0.25, -0.2) is 0 Å². The van der Waals surface area contributed by atoms with Crippen molar-refractivity contribution in [2.24, 2.45) is 0 Å². The Hall–Kier alpha value is -1.06. The molecule has 0 atom stereocenters. The van der Waals surface area contributed by atoms with Crippen LogP contribution in [0.2, 0.25) is 0 Å². The highest BCUT2D eigenvalue weighted by atomic mass is 35.5. The van der Waals surface area contributed by atoms with Gasteiger partial charge in [-0.05, 0) is 29.3 Å². The van der Waals surface area contributed by atoms with Crippen LogP contribution in [0, 0.1) is 0 Å². The van der Waals surface area contributed by atoms with Crippen molar-refractivity contribution in [3.8, 4) is 5.75 Å². The van der Waals surface area contributed by atoms with Crippen LogP contribution >= 0.6 is 11.6 Å². The summed E-state index contributed by atoms with van der Waals surface area (Å²) in [4.78, 5) is 10.6. The van der Waals surface area contributed by atoms with E-state index in [0.717, 1.165) is 11.3 Å². The van der Waals surface area contributed by atoms with E-state index in [9.17, 15) is 4.79 Å². The van der Waals surface area contributed by atoms with Crippen molar-refractivity contribution in [3.63, 3.8) is 0 Å². The number of rotatable bonds is 6. The van der Waals surface area contributed by atoms with Crippen molar-refractivity contribution in [2.75, 3.05) is 20.3 Å². The summed E-state index contributed by atoms with van der Waals surface area (Å²) in [5, 5.41) is -0.358. The van der Waals surface area contributed by atoms with Crippen LogP contribution in [0.3, 0.4) is 0 Å². The lowest BCUT2D eigenvalue weighted by molar-refractivity contribution is -0.111. The number of benzene rings is 1. The molecule has 0 saturated heterocycles. The standard InChI is InChI=1S/C11H13ClO3/c1-14-6-7-15-10-4-2-9(3-5-10)8-11(12)13/h2-5H,6-8H2,1H3. The molecule has 15 heavy (non-hydrogen) atoms. The molecule has 3 nitrogen and oxygen atoms in total. The van der Waals surface area contributed by atoms with Crippen LogP contribution in [0.5, 0.6) is 5.75 Å². The fourth-order valence-corrected chi connectivity index (χ4v) is 1.26. The monoisotopic (exact) mass is 228 g/mol. The topological polar surface area (TPSA) is 35.5 Å². The van der Waals surface area contributed by atoms with Gasteiger partial charge in [-0.15, -0.1) is 0 Å². The maximum absolute atomic E-state index is 10.6. The molecule has 0 fully saturated rings. The second-order valence-corrected chi connectivity index (χ2v) is 3.44. The van der Waals surface area contributed by atoms with Crippen LogP contribution in [0.25, 0.3) is 0 Å². The average molecular weight is 229 g/mol. The summed E-state index contributed by atoms with van der Waals surface area (Å²) in [7, 11) is 1.62. The van der Waals surface area contributed by atoms with Crippen LogP contribution in [0.1, 0.15) is 5.56 Å². The Bertz CT molecular complexity index is 308. The lowest BCUT2D eigenvalue weighted by atomic mass is 10.2. The van der Waals surface area contributed by atoms with E-state index in [1.807, 2.05) is 24.3 Å². The largest absolute Gasteiger partial charge is 0.491 e. The van der Waals surface area contributed by atoms with Crippen molar-refractivity contribution < 1.29 is 14.3 Å². The van der Waals surface area contributed by atoms with E-state index in [4.69, 9.17) is 21.1 Å². The molecule has 4 heteroatoms. The first kappa shape index (κ1) is 12.0. The first-order valence-electron chi connectivity index (χ1n) is 4.61. The lowest BCUT2D eigenvalue weighted by Crippen LogP contribution is -2.04. The molecule has 0 aromatic heterocycles. The van der Waals surface area contributed by atoms with Gasteiger partial charge in [0.15, 0.2) is 0 Å². The number of hydrogen-bond donors (Lipinski definition) is 0. The van der Waals surface area contributed by atoms with Gasteiger partial charge in [-0.2, -0.15) is 0 Å². The third kappa shape index (κ3) is 4.81. The number of carbonyl (C=O) groups excluding carboxylic acids is 1. The predicted octanol–water partition coefficient (Wildman–Crippen LogP) is 2.02. The van der Waals surface area contributed by atoms with Gasteiger partial charge in [0.05, 0.1) is 6.61 Å². The van der Waals surface area contributed by atoms with Crippen molar-refractivity contribution in [2.45, 2.75) is 6.42 Å². The molecule has 0 unspecified atom stereocenters. The molecule has 0 aliphatic rings. The summed E-state index contributed by atoms with van der Waals surface area (Å²) in [6.07, 6.45) is 0.250. The number of halogens is 1. The minimum atomic E-state index is -0.358. The summed E-state index contributed by atoms with van der Waals surface area (Å²) in [6.45, 7) is 1.08. The van der Waals surface area contributed by atoms with Gasteiger partial charge in [0.2, 0.25) is 5.24 Å². The zero-order valence-corrected chi connectivity index (χ0v) is 9.29. The molecule has 0 aliphatic carbocycles. The second-order valence-electron chi connectivity index (χ2n) is 3.02. The molecule has 1 rings (SSSR count). The van der Waals surface area contributed by atoms with E-state index >= 15 is 0 Å². The maximum atomic E-state index is 10.6. The molecule has 0 heterocycles. The third-order valence-electron chi connectivity index (χ3n) is 1.82. The Morgan fingerprint density at radius 1 is 1.27 bits per heavy atom. The summed E-state index contributed by atoms with van der Waals surface area (Å²) in [5.41, 5.74) is 0.883. The van der Waals surface area contributed by atoms with E-state index in [-0.39, 0.29) is 11.7 Å². The highest BCUT2D eigenvalue weighted by Crippen LogP contribution is 2.13. The molecule has 1 aromatic carbocycles. The fourth-order valence-electron chi connectivity index (χ4n) is 1.11. The smallest absolute Gasteiger partial charge is 0.226 e. The molecule has 0 radical (unpaired) electrons. The first-order chi connectivity index (χ1) is 7.22. The van der Waals surface area contributed by atoms with Gasteiger partial charge in [-0.3, -0.25) is 4.79 Å². The number of carbonyl (C=O) groups is 1. The van der Waals surface area contributed by atoms with Crippen molar-refractivity contribution in [3.05, 3.63) is 29.8 Å². The van der Waals surface area contributed by atoms with E-state index in [2.05, 4.69) is 0 Å². The Morgan fingerprint density at radius 3 is 2.47 bits per heavy atom. The van der Waals surface area contributed by atoms with Crippen LogP contribution in [-0.2, 0) is 16.0 Å². The number of hydrogen-bond acceptors (Lipinski definition) is 3. The Labute approximate surface area is 93.9 Å². The molecule has 0 saturated carbocycles. The van der Waals surface area contributed by atoms with Gasteiger partial charge >= 0.3 is 0 Å². The van der Waals surface area contributed by atoms with Crippen molar-refractivity contribution in [1.29, 1.82) is 0 Å². The quantitative estimate of drug-likeness (QED) is 0.552. The summed E-state index contributed by atoms with van der Waals surface area (Å²) >= 11 is 5.27. The summed E-state index contributed by atoms with van der Waals surface area (Å²) in [5.74, 6) is 0.762. The van der Waals surface area contributed by atoms with Gasteiger partial charge in [-0.1, -0.05) is 12.1 Å². The zero-order valence-electron chi connectivity index (χ0n) is 8.53. The van der Waals surface area contributed by atoms with Crippen molar-refractivity contribution >= 4 is 16.8 Å². The van der Waals surface area contributed by atoms with Gasteiger partial charge in [0, 0.05) is 13.5 Å². The molecule has 0 bridgehead atoms. The van der Waals surface area contributed by atoms with Gasteiger partial charge < -0.3 is 9.47 Å². The van der Waals surface area contributed by atoms with Crippen LogP contribution in [0.4, 0.5) is 0 Å². The third-order valence-corrected chi connectivity index (χ3v) is 1.96. The van der Waals surface area contributed by atoms with E-state index in [0.29, 0.717) is 13.2 Å². The van der Waals surface area contributed by atoms with E-state index < -0.39 is 0 Å². The summed E-state index contributed by atoms with van der Waals surface area (Å²) in [6, 6.07) is 7.26. The molecule has 0 amide bonds. The number of methoxy groups -OCH3 is 1. The Balaban J connectivity index is 2.45. The second kappa shape index (κ2) is 6.43. The van der Waals surface area contributed by atoms with Crippen LogP contribution in [0.15, 0.2) is 24.3 Å². The molecular formula is C11H13ClO3. The minimum Gasteiger partial charge on any atom is -0.491 e. The zero-order chi connectivity index (χ0) is 11.1. The molecule has 1 aromatic rings. The van der Waals surface area contributed by atoms with Crippen molar-refractivity contribution in [1.82, 2.24) is 0 Å². The minimum absolute atomic E-state index is 0.250. The molecule has 82 valence electrons. The maximum Gasteiger partial charge on any atom is 0.226 e. The Morgan fingerprint density at radius 2 is 1.93 bits per heavy atom. The fraction of sp³-hybridized carbons (Fsp3) is 0.364. The average Bonchev–Trinajstić information content (AvgIpc) is 2.20. The lowest BCUT2D eigenvalue weighted by Gasteiger charge is -2.05. The highest BCUT2D eigenvalue weighted by molar-refractivity contribution is 6.63. The van der Waals surface area contributed by atoms with E-state index in [1.54, 1.807) is 7.11 Å². The van der Waals surface area contributed by atoms with Gasteiger partial charge in [0.1, 0.15) is 12.4 Å². The normalized spacial score (nSPS) is 10.0. The Kier molecular flexibility index (Phi) is 5.15. The molecule has 0 N–H and O–H groups in total. The predicted molar refractivity (Wildman–Crippen MR) is 58.4 cm³/mol. The SMILES string of the molecule is COCCOc1ccc(CC(=O)Cl)cc1. The highest BCUT2D eigenvalue weighted by Gasteiger charge is 1.99. The number of ether oxygens (including phenoxy) is 2. The first-order valence-corrected chi connectivity index (χ1v) is 4.99. The molecular weight excluding hydrogens is 216 g/mol. The molecule has 0 aliphatic heterocycles. The summed E-state index contributed by atoms with van der Waals surface area (Å²) < 4.78 is 10.2. The van der Waals surface area contributed by atoms with E-state index in [1.165, 1.54) is 0 Å². The van der Waals surface area contributed by atoms with Crippen LogP contribution < -0.4 is 4.74 Å². The van der Waals surface area contributed by atoms with Gasteiger partial charge in [0.25, 0.3) is 0 Å². The van der Waals surface area contributed by atoms with Crippen LogP contribution in [-0.4, -0.2) is 25.6 Å². The molecule has 0 spiro atoms.